The Balaban J connectivity index is 1.47. The minimum atomic E-state index is -0.563. The predicted molar refractivity (Wildman–Crippen MR) is 119 cm³/mol. The van der Waals surface area contributed by atoms with Crippen LogP contribution in [0.1, 0.15) is 52.7 Å². The van der Waals surface area contributed by atoms with Gasteiger partial charge in [-0.05, 0) is 44.5 Å². The van der Waals surface area contributed by atoms with Crippen molar-refractivity contribution in [3.63, 3.8) is 0 Å². The van der Waals surface area contributed by atoms with Crippen molar-refractivity contribution in [2.45, 2.75) is 26.2 Å². The molecule has 2 amide bonds. The highest BCUT2D eigenvalue weighted by Crippen LogP contribution is 2.41. The molecular formula is C24H21N3O4S. The number of ketones is 1. The number of nitrogens with one attached hydrogen (secondary N) is 1. The zero-order valence-corrected chi connectivity index (χ0v) is 18.5. The van der Waals surface area contributed by atoms with Crippen LogP contribution in [0.4, 0.5) is 0 Å². The van der Waals surface area contributed by atoms with Crippen LogP contribution in [0, 0.1) is 11.3 Å². The number of furan rings is 1. The van der Waals surface area contributed by atoms with E-state index in [1.165, 1.54) is 29.8 Å². The molecule has 0 fully saturated rings. The first-order valence-corrected chi connectivity index (χ1v) is 11.2. The molecule has 1 aromatic heterocycles. The molecule has 2 aliphatic rings. The monoisotopic (exact) mass is 447 g/mol. The fraction of sp³-hybridized carbons (Fsp3) is 0.250. The lowest BCUT2D eigenvalue weighted by molar-refractivity contribution is -0.113. The van der Waals surface area contributed by atoms with Crippen molar-refractivity contribution in [1.82, 2.24) is 10.2 Å². The van der Waals surface area contributed by atoms with Crippen LogP contribution in [0.5, 0.6) is 0 Å². The van der Waals surface area contributed by atoms with Crippen molar-refractivity contribution in [3.05, 3.63) is 81.4 Å². The van der Waals surface area contributed by atoms with E-state index < -0.39 is 5.92 Å². The zero-order valence-electron chi connectivity index (χ0n) is 17.7. The van der Waals surface area contributed by atoms with Crippen LogP contribution in [-0.4, -0.2) is 34.8 Å². The molecule has 32 heavy (non-hydrogen) atoms. The number of Topliss-reactive ketones (excluding diaryl/α,β-unsaturated/α-hetero) is 1. The molecule has 0 spiro atoms. The van der Waals surface area contributed by atoms with Gasteiger partial charge in [0.15, 0.2) is 5.78 Å². The van der Waals surface area contributed by atoms with Crippen molar-refractivity contribution in [2.75, 3.05) is 12.3 Å². The molecule has 3 heterocycles. The molecule has 0 saturated heterocycles. The molecule has 2 aromatic rings. The Hall–Kier alpha value is -3.57. The van der Waals surface area contributed by atoms with Crippen molar-refractivity contribution in [1.29, 1.82) is 5.26 Å². The van der Waals surface area contributed by atoms with E-state index in [9.17, 15) is 19.6 Å². The fourth-order valence-corrected chi connectivity index (χ4v) is 5.09. The quantitative estimate of drug-likeness (QED) is 0.506. The second kappa shape index (κ2) is 8.89. The smallest absolute Gasteiger partial charge is 0.261 e. The third-order valence-electron chi connectivity index (χ3n) is 5.51. The maximum atomic E-state index is 12.5. The number of imide groups is 1. The van der Waals surface area contributed by atoms with Crippen LogP contribution in [0.15, 0.2) is 69.0 Å². The van der Waals surface area contributed by atoms with Gasteiger partial charge >= 0.3 is 0 Å². The van der Waals surface area contributed by atoms with Gasteiger partial charge in [-0.3, -0.25) is 19.3 Å². The van der Waals surface area contributed by atoms with E-state index in [1.807, 2.05) is 0 Å². The van der Waals surface area contributed by atoms with Gasteiger partial charge in [0, 0.05) is 23.6 Å². The number of nitriles is 1. The van der Waals surface area contributed by atoms with Gasteiger partial charge in [-0.15, -0.1) is 11.8 Å². The van der Waals surface area contributed by atoms with Crippen molar-refractivity contribution < 1.29 is 18.8 Å². The summed E-state index contributed by atoms with van der Waals surface area (Å²) in [6.45, 7) is 3.58. The van der Waals surface area contributed by atoms with Gasteiger partial charge in [0.25, 0.3) is 11.8 Å². The predicted octanol–water partition coefficient (Wildman–Crippen LogP) is 3.98. The number of thioether (sulfide) groups is 1. The van der Waals surface area contributed by atoms with Crippen LogP contribution in [0.25, 0.3) is 0 Å². The lowest BCUT2D eigenvalue weighted by Crippen LogP contribution is -2.31. The van der Waals surface area contributed by atoms with Gasteiger partial charge in [-0.25, -0.2) is 0 Å². The normalized spacial score (nSPS) is 18.0. The summed E-state index contributed by atoms with van der Waals surface area (Å²) in [6.07, 6.45) is 2.09. The van der Waals surface area contributed by atoms with E-state index in [0.29, 0.717) is 57.5 Å². The van der Waals surface area contributed by atoms with Crippen LogP contribution in [-0.2, 0) is 4.79 Å². The van der Waals surface area contributed by atoms with Gasteiger partial charge in [-0.1, -0.05) is 12.1 Å². The molecule has 1 unspecified atom stereocenters. The Labute approximate surface area is 189 Å². The Bertz CT molecular complexity index is 1170. The Morgan fingerprint density at radius 2 is 1.88 bits per heavy atom. The molecule has 0 radical (unpaired) electrons. The van der Waals surface area contributed by atoms with E-state index in [1.54, 1.807) is 43.3 Å². The first-order chi connectivity index (χ1) is 15.4. The van der Waals surface area contributed by atoms with Crippen LogP contribution < -0.4 is 5.32 Å². The molecule has 4 rings (SSSR count). The average Bonchev–Trinajstić information content (AvgIpc) is 3.39. The zero-order chi connectivity index (χ0) is 22.8. The van der Waals surface area contributed by atoms with Gasteiger partial charge in [0.1, 0.15) is 5.76 Å². The molecule has 162 valence electrons. The Kier molecular flexibility index (Phi) is 6.01. The molecule has 0 bridgehead atoms. The topological polar surface area (TPSA) is 103 Å². The average molecular weight is 448 g/mol. The minimum Gasteiger partial charge on any atom is -0.468 e. The summed E-state index contributed by atoms with van der Waals surface area (Å²) >= 11 is 1.43. The highest BCUT2D eigenvalue weighted by molar-refractivity contribution is 8.03. The molecule has 8 heteroatoms. The molecule has 0 aliphatic carbocycles. The SMILES string of the molecule is CC(=O)C1=C(C)NC(SCCCN2C(=O)c3ccccc3C2=O)=C(C#N)C1c1ccco1. The number of hydrogen-bond donors (Lipinski definition) is 1. The molecule has 1 N–H and O–H groups in total. The van der Waals surface area contributed by atoms with E-state index in [0.717, 1.165) is 0 Å². The summed E-state index contributed by atoms with van der Waals surface area (Å²) in [5.41, 5.74) is 2.48. The number of dihydropyridines is 1. The van der Waals surface area contributed by atoms with Crippen LogP contribution in [0.2, 0.25) is 0 Å². The summed E-state index contributed by atoms with van der Waals surface area (Å²) in [6, 6.07) is 12.5. The van der Waals surface area contributed by atoms with Gasteiger partial charge < -0.3 is 9.73 Å². The number of benzene rings is 1. The maximum absolute atomic E-state index is 12.5. The molecule has 0 saturated carbocycles. The number of nitrogens with zero attached hydrogens (tertiary/aromatic N) is 2. The molecule has 7 nitrogen and oxygen atoms in total. The molecular weight excluding hydrogens is 426 g/mol. The number of allylic oxidation sites excluding steroid dienone is 3. The van der Waals surface area contributed by atoms with E-state index in [-0.39, 0.29) is 17.6 Å². The van der Waals surface area contributed by atoms with Crippen molar-refractivity contribution >= 4 is 29.4 Å². The van der Waals surface area contributed by atoms with E-state index in [2.05, 4.69) is 11.4 Å². The third-order valence-corrected chi connectivity index (χ3v) is 6.61. The van der Waals surface area contributed by atoms with Crippen LogP contribution in [0.3, 0.4) is 0 Å². The summed E-state index contributed by atoms with van der Waals surface area (Å²) < 4.78 is 5.54. The van der Waals surface area contributed by atoms with Gasteiger partial charge in [0.2, 0.25) is 0 Å². The molecule has 1 atom stereocenters. The Morgan fingerprint density at radius 1 is 1.19 bits per heavy atom. The summed E-state index contributed by atoms with van der Waals surface area (Å²) in [5, 5.41) is 13.7. The maximum Gasteiger partial charge on any atom is 0.261 e. The number of amides is 2. The number of hydrogen-bond acceptors (Lipinski definition) is 7. The first-order valence-electron chi connectivity index (χ1n) is 10.2. The highest BCUT2D eigenvalue weighted by Gasteiger charge is 2.36. The minimum absolute atomic E-state index is 0.126. The lowest BCUT2D eigenvalue weighted by atomic mass is 9.84. The third kappa shape index (κ3) is 3.76. The van der Waals surface area contributed by atoms with Crippen molar-refractivity contribution in [2.24, 2.45) is 0 Å². The van der Waals surface area contributed by atoms with E-state index >= 15 is 0 Å². The number of carbonyl (C=O) groups excluding carboxylic acids is 3. The van der Waals surface area contributed by atoms with Gasteiger partial charge in [0.05, 0.1) is 40.0 Å². The summed E-state index contributed by atoms with van der Waals surface area (Å²) in [7, 11) is 0. The lowest BCUT2D eigenvalue weighted by Gasteiger charge is -2.27. The number of carbonyl (C=O) groups is 3. The van der Waals surface area contributed by atoms with Gasteiger partial charge in [-0.2, -0.15) is 5.26 Å². The second-order valence-corrected chi connectivity index (χ2v) is 8.64. The van der Waals surface area contributed by atoms with Crippen molar-refractivity contribution in [3.8, 4) is 6.07 Å². The second-order valence-electron chi connectivity index (χ2n) is 7.53. The summed E-state index contributed by atoms with van der Waals surface area (Å²) in [4.78, 5) is 38.6. The Morgan fingerprint density at radius 3 is 2.44 bits per heavy atom. The van der Waals surface area contributed by atoms with Crippen LogP contribution >= 0.6 is 11.8 Å². The standard InChI is InChI=1S/C24H21N3O4S/c1-14-20(15(2)28)21(19-9-5-11-31-19)18(13-25)22(26-14)32-12-6-10-27-23(29)16-7-3-4-8-17(16)24(27)30/h3-5,7-9,11,21,26H,6,10,12H2,1-2H3. The number of fused-ring (bicyclic) bond motifs is 1. The fourth-order valence-electron chi connectivity index (χ4n) is 4.07. The summed E-state index contributed by atoms with van der Waals surface area (Å²) in [5.74, 6) is -0.116. The van der Waals surface area contributed by atoms with E-state index in [4.69, 9.17) is 4.42 Å². The largest absolute Gasteiger partial charge is 0.468 e. The molecule has 1 aromatic carbocycles. The number of rotatable bonds is 7. The first kappa shape index (κ1) is 21.7. The molecule has 2 aliphatic heterocycles. The highest BCUT2D eigenvalue weighted by atomic mass is 32.2.